The molecule has 1 aromatic carbocycles. The maximum atomic E-state index is 3.67. The number of hydrogen-bond acceptors (Lipinski definition) is 0. The molecule has 0 atom stereocenters. The van der Waals surface area contributed by atoms with Crippen molar-refractivity contribution in [1.82, 2.24) is 0 Å². The molecule has 1 fully saturated rings. The van der Waals surface area contributed by atoms with Crippen molar-refractivity contribution in [3.05, 3.63) is 70.3 Å². The number of rotatable bonds is 4. The van der Waals surface area contributed by atoms with Crippen LogP contribution in [0.25, 0.3) is 0 Å². The van der Waals surface area contributed by atoms with E-state index in [2.05, 4.69) is 106 Å². The van der Waals surface area contributed by atoms with Gasteiger partial charge in [-0.1, -0.05) is 127 Å². The lowest BCUT2D eigenvalue weighted by Crippen LogP contribution is -2.18. The summed E-state index contributed by atoms with van der Waals surface area (Å²) >= 11 is 0. The summed E-state index contributed by atoms with van der Waals surface area (Å²) in [7, 11) is 0. The minimum Gasteiger partial charge on any atom is -0.100 e. The van der Waals surface area contributed by atoms with Gasteiger partial charge in [0.25, 0.3) is 0 Å². The van der Waals surface area contributed by atoms with E-state index in [1.165, 1.54) is 68.1 Å². The average molecular weight is 481 g/mol. The highest BCUT2D eigenvalue weighted by atomic mass is 14.3. The molecule has 2 aliphatic carbocycles. The van der Waals surface area contributed by atoms with Gasteiger partial charge < -0.3 is 0 Å². The minimum absolute atomic E-state index is 0.689. The van der Waals surface area contributed by atoms with E-state index in [0.29, 0.717) is 5.92 Å². The standard InChI is InChI=1S/C13H22.C9H18.C8H10.C5H10/c1-9(2)12-7-6-8-13(10(3)4)11(12)5;1-3-9(2)7-5-4-6-8-9;1-7-3-5-8(2)6-4-7;1-4-5(2)3/h7,9-10H,6,8H2,1-5H3;3-8H2,1-2H3;3-6H,1-2H3;2,4H2,1,3H3. The van der Waals surface area contributed by atoms with Crippen LogP contribution in [0.2, 0.25) is 0 Å². The maximum Gasteiger partial charge on any atom is -0.0219 e. The average Bonchev–Trinajstić information content (AvgIpc) is 2.82. The number of benzene rings is 1. The smallest absolute Gasteiger partial charge is 0.0219 e. The van der Waals surface area contributed by atoms with Crippen molar-refractivity contribution in [1.29, 1.82) is 0 Å². The van der Waals surface area contributed by atoms with Gasteiger partial charge in [-0.05, 0) is 88.2 Å². The largest absolute Gasteiger partial charge is 0.100 e. The number of hydrogen-bond donors (Lipinski definition) is 0. The lowest BCUT2D eigenvalue weighted by molar-refractivity contribution is 0.208. The van der Waals surface area contributed by atoms with Gasteiger partial charge >= 0.3 is 0 Å². The van der Waals surface area contributed by atoms with Gasteiger partial charge in [0.05, 0.1) is 0 Å². The Bertz CT molecular complexity index is 740. The van der Waals surface area contributed by atoms with Gasteiger partial charge in [0.15, 0.2) is 0 Å². The van der Waals surface area contributed by atoms with E-state index in [1.807, 2.05) is 6.92 Å². The van der Waals surface area contributed by atoms with Crippen LogP contribution in [0.4, 0.5) is 0 Å². The van der Waals surface area contributed by atoms with Crippen molar-refractivity contribution < 1.29 is 0 Å². The molecule has 0 heteroatoms. The predicted molar refractivity (Wildman–Crippen MR) is 162 cm³/mol. The van der Waals surface area contributed by atoms with Crippen molar-refractivity contribution in [3.8, 4) is 0 Å². The summed E-state index contributed by atoms with van der Waals surface area (Å²) in [4.78, 5) is 0. The molecule has 0 N–H and O–H groups in total. The zero-order valence-corrected chi connectivity index (χ0v) is 25.6. The Morgan fingerprint density at radius 3 is 1.63 bits per heavy atom. The molecule has 3 rings (SSSR count). The molecular formula is C35H60. The Kier molecular flexibility index (Phi) is 17.0. The fourth-order valence-corrected chi connectivity index (χ4v) is 4.70. The second-order valence-electron chi connectivity index (χ2n) is 11.8. The van der Waals surface area contributed by atoms with E-state index in [-0.39, 0.29) is 0 Å². The summed E-state index contributed by atoms with van der Waals surface area (Å²) in [6.07, 6.45) is 14.8. The van der Waals surface area contributed by atoms with Gasteiger partial charge in [0.1, 0.15) is 0 Å². The summed E-state index contributed by atoms with van der Waals surface area (Å²) < 4.78 is 0. The molecule has 1 aromatic rings. The Hall–Kier alpha value is -1.56. The van der Waals surface area contributed by atoms with Gasteiger partial charge in [0.2, 0.25) is 0 Å². The molecule has 0 spiro atoms. The summed E-state index contributed by atoms with van der Waals surface area (Å²) in [5.41, 5.74) is 9.45. The van der Waals surface area contributed by atoms with Crippen molar-refractivity contribution >= 4 is 0 Å². The highest BCUT2D eigenvalue weighted by molar-refractivity contribution is 5.38. The first kappa shape index (κ1) is 33.4. The monoisotopic (exact) mass is 480 g/mol. The third-order valence-electron chi connectivity index (χ3n) is 7.75. The van der Waals surface area contributed by atoms with Gasteiger partial charge in [-0.15, -0.1) is 6.58 Å². The summed E-state index contributed by atoms with van der Waals surface area (Å²) in [6, 6.07) is 8.48. The molecule has 0 radical (unpaired) electrons. The summed E-state index contributed by atoms with van der Waals surface area (Å²) in [5, 5.41) is 0. The Morgan fingerprint density at radius 2 is 1.31 bits per heavy atom. The SMILES string of the molecule is C=C(C)CC.CC1=C(C(C)C)CCC=C1C(C)C.CCC1(C)CCCCC1.Cc1ccc(C)cc1. The first-order valence-corrected chi connectivity index (χ1v) is 14.4. The van der Waals surface area contributed by atoms with Gasteiger partial charge in [-0.25, -0.2) is 0 Å². The minimum atomic E-state index is 0.689. The Morgan fingerprint density at radius 1 is 0.857 bits per heavy atom. The normalized spacial score (nSPS) is 16.8. The van der Waals surface area contributed by atoms with Crippen LogP contribution < -0.4 is 0 Å². The van der Waals surface area contributed by atoms with Crippen LogP contribution in [-0.4, -0.2) is 0 Å². The second kappa shape index (κ2) is 17.8. The fourth-order valence-electron chi connectivity index (χ4n) is 4.70. The molecular weight excluding hydrogens is 420 g/mol. The molecule has 0 amide bonds. The zero-order valence-electron chi connectivity index (χ0n) is 25.6. The lowest BCUT2D eigenvalue weighted by Gasteiger charge is -2.32. The summed E-state index contributed by atoms with van der Waals surface area (Å²) in [5.74, 6) is 1.41. The summed E-state index contributed by atoms with van der Waals surface area (Å²) in [6.45, 7) is 28.2. The van der Waals surface area contributed by atoms with Crippen LogP contribution in [0.3, 0.4) is 0 Å². The topological polar surface area (TPSA) is 0 Å². The van der Waals surface area contributed by atoms with E-state index >= 15 is 0 Å². The van der Waals surface area contributed by atoms with E-state index < -0.39 is 0 Å². The first-order chi connectivity index (χ1) is 16.4. The molecule has 1 saturated carbocycles. The lowest BCUT2D eigenvalue weighted by atomic mass is 9.74. The molecule has 0 bridgehead atoms. The highest BCUT2D eigenvalue weighted by Crippen LogP contribution is 2.38. The highest BCUT2D eigenvalue weighted by Gasteiger charge is 2.23. The molecule has 0 nitrogen and oxygen atoms in total. The van der Waals surface area contributed by atoms with Crippen LogP contribution in [0.15, 0.2) is 59.2 Å². The molecule has 0 unspecified atom stereocenters. The van der Waals surface area contributed by atoms with Crippen LogP contribution >= 0.6 is 0 Å². The molecule has 2 aliphatic rings. The van der Waals surface area contributed by atoms with E-state index in [9.17, 15) is 0 Å². The zero-order chi connectivity index (χ0) is 27.0. The number of allylic oxidation sites excluding steroid dienone is 5. The van der Waals surface area contributed by atoms with Gasteiger partial charge in [0, 0.05) is 0 Å². The quantitative estimate of drug-likeness (QED) is 0.376. The first-order valence-electron chi connectivity index (χ1n) is 14.4. The van der Waals surface area contributed by atoms with E-state index in [0.717, 1.165) is 17.8 Å². The van der Waals surface area contributed by atoms with E-state index in [1.54, 1.807) is 16.7 Å². The van der Waals surface area contributed by atoms with Crippen LogP contribution in [0.5, 0.6) is 0 Å². The third kappa shape index (κ3) is 14.6. The molecule has 200 valence electrons. The van der Waals surface area contributed by atoms with Crippen molar-refractivity contribution in [2.45, 2.75) is 134 Å². The van der Waals surface area contributed by atoms with E-state index in [4.69, 9.17) is 0 Å². The second-order valence-corrected chi connectivity index (χ2v) is 11.8. The third-order valence-corrected chi connectivity index (χ3v) is 7.75. The van der Waals surface area contributed by atoms with Crippen LogP contribution in [0, 0.1) is 31.1 Å². The van der Waals surface area contributed by atoms with Crippen LogP contribution in [-0.2, 0) is 0 Å². The van der Waals surface area contributed by atoms with Crippen molar-refractivity contribution in [3.63, 3.8) is 0 Å². The number of aryl methyl sites for hydroxylation is 2. The van der Waals surface area contributed by atoms with Crippen LogP contribution in [0.1, 0.15) is 131 Å². The maximum absolute atomic E-state index is 3.67. The Labute approximate surface area is 221 Å². The fraction of sp³-hybridized carbons (Fsp3) is 0.657. The Balaban J connectivity index is 0.000000465. The molecule has 0 saturated heterocycles. The molecule has 35 heavy (non-hydrogen) atoms. The molecule has 0 aromatic heterocycles. The molecule has 0 aliphatic heterocycles. The van der Waals surface area contributed by atoms with Gasteiger partial charge in [-0.3, -0.25) is 0 Å². The van der Waals surface area contributed by atoms with Gasteiger partial charge in [-0.2, -0.15) is 0 Å². The molecule has 0 heterocycles. The predicted octanol–water partition coefficient (Wildman–Crippen LogP) is 12.0. The van der Waals surface area contributed by atoms with Crippen molar-refractivity contribution in [2.75, 3.05) is 0 Å². The van der Waals surface area contributed by atoms with Crippen molar-refractivity contribution in [2.24, 2.45) is 17.3 Å².